The van der Waals surface area contributed by atoms with E-state index in [2.05, 4.69) is 29.9 Å². The molecule has 0 bridgehead atoms. The summed E-state index contributed by atoms with van der Waals surface area (Å²) in [5.74, 6) is 0.0127. The molecule has 0 radical (unpaired) electrons. The highest BCUT2D eigenvalue weighted by atomic mass is 32.1. The average molecular weight is 250 g/mol. The molecule has 1 aliphatic heterocycles. The van der Waals surface area contributed by atoms with Crippen molar-refractivity contribution < 1.29 is 4.79 Å². The van der Waals surface area contributed by atoms with Crippen LogP contribution in [-0.4, -0.2) is 37.0 Å². The van der Waals surface area contributed by atoms with E-state index in [1.165, 1.54) is 0 Å². The van der Waals surface area contributed by atoms with E-state index in [0.29, 0.717) is 0 Å². The Kier molecular flexibility index (Phi) is 3.74. The smallest absolute Gasteiger partial charge is 0.251 e. The maximum absolute atomic E-state index is 12.1. The van der Waals surface area contributed by atoms with Gasteiger partial charge in [-0.05, 0) is 44.6 Å². The number of nitrogens with zero attached hydrogens (tertiary/aromatic N) is 1. The third kappa shape index (κ3) is 3.01. The van der Waals surface area contributed by atoms with Crippen molar-refractivity contribution in [3.63, 3.8) is 0 Å². The summed E-state index contributed by atoms with van der Waals surface area (Å²) in [6.45, 7) is 3.94. The highest BCUT2D eigenvalue weighted by Gasteiger charge is 2.22. The van der Waals surface area contributed by atoms with Crippen LogP contribution in [0.1, 0.15) is 22.3 Å². The summed E-state index contributed by atoms with van der Waals surface area (Å²) in [5.41, 5.74) is 1.72. The number of likely N-dealkylation sites (tertiary alicyclic amines) is 1. The minimum atomic E-state index is 0.0127. The Morgan fingerprint density at radius 3 is 2.94 bits per heavy atom. The lowest BCUT2D eigenvalue weighted by molar-refractivity contribution is 0.0937. The summed E-state index contributed by atoms with van der Waals surface area (Å²) in [4.78, 5) is 15.2. The van der Waals surface area contributed by atoms with Crippen LogP contribution in [0, 0.1) is 6.92 Å². The fourth-order valence-electron chi connectivity index (χ4n) is 2.17. The van der Waals surface area contributed by atoms with E-state index in [9.17, 15) is 4.79 Å². The maximum Gasteiger partial charge on any atom is 0.251 e. The van der Waals surface area contributed by atoms with Crippen molar-refractivity contribution >= 4 is 18.5 Å². The number of aryl methyl sites for hydroxylation is 1. The van der Waals surface area contributed by atoms with Gasteiger partial charge >= 0.3 is 0 Å². The molecule has 92 valence electrons. The highest BCUT2D eigenvalue weighted by Crippen LogP contribution is 2.15. The summed E-state index contributed by atoms with van der Waals surface area (Å²) in [7, 11) is 2.08. The van der Waals surface area contributed by atoms with Crippen LogP contribution in [0.4, 0.5) is 0 Å². The molecular weight excluding hydrogens is 232 g/mol. The number of thiol groups is 1. The number of carbonyl (C=O) groups excluding carboxylic acids is 1. The van der Waals surface area contributed by atoms with Gasteiger partial charge in [0, 0.05) is 23.0 Å². The van der Waals surface area contributed by atoms with Gasteiger partial charge in [0.2, 0.25) is 0 Å². The van der Waals surface area contributed by atoms with Crippen molar-refractivity contribution in [2.45, 2.75) is 24.3 Å². The molecule has 1 aromatic rings. The first kappa shape index (κ1) is 12.5. The van der Waals surface area contributed by atoms with Gasteiger partial charge in [-0.3, -0.25) is 4.79 Å². The summed E-state index contributed by atoms with van der Waals surface area (Å²) in [5, 5.41) is 3.08. The minimum absolute atomic E-state index is 0.0127. The standard InChI is InChI=1S/C13H18N2OS/c1-9-3-4-11(17)7-12(9)13(16)14-10-5-6-15(2)8-10/h3-4,7,10,17H,5-6,8H2,1-2H3,(H,14,16). The fraction of sp³-hybridized carbons (Fsp3) is 0.462. The number of carbonyl (C=O) groups is 1. The van der Waals surface area contributed by atoms with Crippen LogP contribution >= 0.6 is 12.6 Å². The van der Waals surface area contributed by atoms with E-state index in [1.54, 1.807) is 0 Å². The topological polar surface area (TPSA) is 32.3 Å². The monoisotopic (exact) mass is 250 g/mol. The second-order valence-corrected chi connectivity index (χ2v) is 5.24. The number of amides is 1. The van der Waals surface area contributed by atoms with E-state index in [-0.39, 0.29) is 11.9 Å². The first-order valence-electron chi connectivity index (χ1n) is 5.85. The molecule has 1 aliphatic rings. The van der Waals surface area contributed by atoms with Crippen LogP contribution in [0.5, 0.6) is 0 Å². The van der Waals surface area contributed by atoms with Crippen LogP contribution in [0.3, 0.4) is 0 Å². The average Bonchev–Trinajstić information content (AvgIpc) is 2.67. The maximum atomic E-state index is 12.1. The SMILES string of the molecule is Cc1ccc(S)cc1C(=O)NC1CCN(C)C1. The predicted molar refractivity (Wildman–Crippen MR) is 71.8 cm³/mol. The van der Waals surface area contributed by atoms with Gasteiger partial charge < -0.3 is 10.2 Å². The van der Waals surface area contributed by atoms with Gasteiger partial charge in [-0.1, -0.05) is 6.07 Å². The molecule has 1 amide bonds. The quantitative estimate of drug-likeness (QED) is 0.783. The van der Waals surface area contributed by atoms with Crippen LogP contribution in [0.15, 0.2) is 23.1 Å². The number of benzene rings is 1. The first-order valence-corrected chi connectivity index (χ1v) is 6.30. The molecular formula is C13H18N2OS. The van der Waals surface area contributed by atoms with E-state index < -0.39 is 0 Å². The van der Waals surface area contributed by atoms with Crippen LogP contribution in [-0.2, 0) is 0 Å². The largest absolute Gasteiger partial charge is 0.348 e. The molecule has 2 rings (SSSR count). The highest BCUT2D eigenvalue weighted by molar-refractivity contribution is 7.80. The Balaban J connectivity index is 2.06. The van der Waals surface area contributed by atoms with Gasteiger partial charge in [0.15, 0.2) is 0 Å². The van der Waals surface area contributed by atoms with Crippen molar-refractivity contribution in [1.29, 1.82) is 0 Å². The first-order chi connectivity index (χ1) is 8.06. The number of likely N-dealkylation sites (N-methyl/N-ethyl adjacent to an activating group) is 1. The lowest BCUT2D eigenvalue weighted by Gasteiger charge is -2.14. The van der Waals surface area contributed by atoms with Crippen LogP contribution in [0.2, 0.25) is 0 Å². The Morgan fingerprint density at radius 1 is 1.53 bits per heavy atom. The number of rotatable bonds is 2. The summed E-state index contributed by atoms with van der Waals surface area (Å²) in [6.07, 6.45) is 1.03. The van der Waals surface area contributed by atoms with Gasteiger partial charge in [0.1, 0.15) is 0 Å². The van der Waals surface area contributed by atoms with Crippen molar-refractivity contribution in [2.75, 3.05) is 20.1 Å². The number of nitrogens with one attached hydrogen (secondary N) is 1. The van der Waals surface area contributed by atoms with Gasteiger partial charge in [0.25, 0.3) is 5.91 Å². The molecule has 0 saturated carbocycles. The molecule has 1 N–H and O–H groups in total. The lowest BCUT2D eigenvalue weighted by atomic mass is 10.1. The molecule has 3 nitrogen and oxygen atoms in total. The van der Waals surface area contributed by atoms with Gasteiger partial charge in [-0.15, -0.1) is 12.6 Å². The molecule has 1 unspecified atom stereocenters. The Hall–Kier alpha value is -1.00. The summed E-state index contributed by atoms with van der Waals surface area (Å²) in [6, 6.07) is 5.93. The molecule has 17 heavy (non-hydrogen) atoms. The molecule has 1 saturated heterocycles. The van der Waals surface area contributed by atoms with Crippen molar-refractivity contribution in [2.24, 2.45) is 0 Å². The second-order valence-electron chi connectivity index (χ2n) is 4.72. The molecule has 1 heterocycles. The predicted octanol–water partition coefficient (Wildman–Crippen LogP) is 1.72. The van der Waals surface area contributed by atoms with E-state index in [4.69, 9.17) is 0 Å². The molecule has 4 heteroatoms. The zero-order valence-electron chi connectivity index (χ0n) is 10.2. The van der Waals surface area contributed by atoms with E-state index in [0.717, 1.165) is 35.5 Å². The molecule has 0 aromatic heterocycles. The molecule has 0 spiro atoms. The van der Waals surface area contributed by atoms with Gasteiger partial charge in [0.05, 0.1) is 0 Å². The number of hydrogen-bond donors (Lipinski definition) is 2. The van der Waals surface area contributed by atoms with Crippen LogP contribution < -0.4 is 5.32 Å². The van der Waals surface area contributed by atoms with Crippen molar-refractivity contribution in [3.8, 4) is 0 Å². The minimum Gasteiger partial charge on any atom is -0.348 e. The van der Waals surface area contributed by atoms with Gasteiger partial charge in [-0.2, -0.15) is 0 Å². The Labute approximate surface area is 108 Å². The molecule has 1 aromatic carbocycles. The third-order valence-corrected chi connectivity index (χ3v) is 3.47. The Morgan fingerprint density at radius 2 is 2.29 bits per heavy atom. The zero-order valence-corrected chi connectivity index (χ0v) is 11.1. The summed E-state index contributed by atoms with van der Waals surface area (Å²) >= 11 is 4.27. The normalized spacial score (nSPS) is 20.5. The number of hydrogen-bond acceptors (Lipinski definition) is 3. The molecule has 1 fully saturated rings. The lowest BCUT2D eigenvalue weighted by Crippen LogP contribution is -2.36. The van der Waals surface area contributed by atoms with Crippen molar-refractivity contribution in [3.05, 3.63) is 29.3 Å². The van der Waals surface area contributed by atoms with E-state index in [1.807, 2.05) is 25.1 Å². The third-order valence-electron chi connectivity index (χ3n) is 3.19. The summed E-state index contributed by atoms with van der Waals surface area (Å²) < 4.78 is 0. The van der Waals surface area contributed by atoms with E-state index >= 15 is 0 Å². The second kappa shape index (κ2) is 5.10. The molecule has 1 atom stereocenters. The van der Waals surface area contributed by atoms with Crippen molar-refractivity contribution in [1.82, 2.24) is 10.2 Å². The molecule has 0 aliphatic carbocycles. The van der Waals surface area contributed by atoms with Gasteiger partial charge in [-0.25, -0.2) is 0 Å². The Bertz CT molecular complexity index is 433. The zero-order chi connectivity index (χ0) is 12.4. The van der Waals surface area contributed by atoms with Crippen LogP contribution in [0.25, 0.3) is 0 Å². The fourth-order valence-corrected chi connectivity index (χ4v) is 2.37.